The van der Waals surface area contributed by atoms with E-state index in [2.05, 4.69) is 77.9 Å². The fourth-order valence-electron chi connectivity index (χ4n) is 3.28. The largest absolute Gasteiger partial charge is 0.385 e. The zero-order valence-electron chi connectivity index (χ0n) is 16.8. The molecule has 0 aliphatic carbocycles. The highest BCUT2D eigenvalue weighted by molar-refractivity contribution is 5.86. The molecule has 1 heterocycles. The van der Waals surface area contributed by atoms with E-state index < -0.39 is 0 Å². The maximum absolute atomic E-state index is 3.52. The van der Waals surface area contributed by atoms with Crippen molar-refractivity contribution in [2.75, 3.05) is 38.0 Å². The van der Waals surface area contributed by atoms with Gasteiger partial charge in [-0.3, -0.25) is 4.90 Å². The second-order valence-corrected chi connectivity index (χ2v) is 7.30. The molecule has 3 nitrogen and oxygen atoms in total. The average Bonchev–Trinajstić information content (AvgIpc) is 2.64. The fraction of sp³-hybridized carbons (Fsp3) is 0.455. The minimum Gasteiger partial charge on any atom is -0.385 e. The smallest absolute Gasteiger partial charge is 0.0340 e. The van der Waals surface area contributed by atoms with Gasteiger partial charge in [0.05, 0.1) is 0 Å². The Kier molecular flexibility index (Phi) is 13.6. The third-order valence-corrected chi connectivity index (χ3v) is 4.96. The number of piperazine rings is 1. The van der Waals surface area contributed by atoms with Crippen LogP contribution in [0, 0.1) is 0 Å². The molecule has 158 valence electrons. The summed E-state index contributed by atoms with van der Waals surface area (Å²) < 4.78 is 0. The predicted molar refractivity (Wildman–Crippen MR) is 129 cm³/mol. The van der Waals surface area contributed by atoms with Crippen LogP contribution < -0.4 is 10.6 Å². The van der Waals surface area contributed by atoms with Gasteiger partial charge < -0.3 is 10.6 Å². The van der Waals surface area contributed by atoms with Gasteiger partial charge in [0.25, 0.3) is 0 Å². The van der Waals surface area contributed by atoms with Crippen molar-refractivity contribution in [3.05, 3.63) is 65.2 Å². The van der Waals surface area contributed by atoms with E-state index in [-0.39, 0.29) is 37.2 Å². The molecule has 0 aromatic heterocycles. The summed E-state index contributed by atoms with van der Waals surface area (Å²) >= 11 is 0. The lowest BCUT2D eigenvalue weighted by molar-refractivity contribution is 0.233. The van der Waals surface area contributed by atoms with Crippen LogP contribution in [0.2, 0.25) is 0 Å². The quantitative estimate of drug-likeness (QED) is 0.617. The van der Waals surface area contributed by atoms with Crippen LogP contribution in [0.25, 0.3) is 0 Å². The van der Waals surface area contributed by atoms with Crippen molar-refractivity contribution < 1.29 is 0 Å². The van der Waals surface area contributed by atoms with E-state index in [0.717, 1.165) is 45.7 Å². The van der Waals surface area contributed by atoms with Crippen LogP contribution in [-0.2, 0) is 13.0 Å². The first-order valence-corrected chi connectivity index (χ1v) is 9.55. The standard InChI is InChI=1S/C22H31N3.3ClH/c1-18(2)21-7-9-22(10-8-21)24-12-11-19-3-5-20(6-4-19)17-25-15-13-23-14-16-25;;;/h3-10,18,23-24H,11-17H2,1-2H3;3*1H. The summed E-state index contributed by atoms with van der Waals surface area (Å²) in [6, 6.07) is 17.9. The molecular weight excluding hydrogens is 413 g/mol. The number of nitrogens with zero attached hydrogens (tertiary/aromatic N) is 1. The number of nitrogens with one attached hydrogen (secondary N) is 2. The molecule has 28 heavy (non-hydrogen) atoms. The number of hydrogen-bond acceptors (Lipinski definition) is 3. The van der Waals surface area contributed by atoms with E-state index in [0.29, 0.717) is 5.92 Å². The summed E-state index contributed by atoms with van der Waals surface area (Å²) in [5, 5.41) is 6.93. The Morgan fingerprint density at radius 3 is 2.00 bits per heavy atom. The molecule has 0 spiro atoms. The lowest BCUT2D eigenvalue weighted by Gasteiger charge is -2.27. The van der Waals surface area contributed by atoms with Gasteiger partial charge in [-0.25, -0.2) is 0 Å². The van der Waals surface area contributed by atoms with E-state index >= 15 is 0 Å². The number of anilines is 1. The normalized spacial score (nSPS) is 13.8. The summed E-state index contributed by atoms with van der Waals surface area (Å²) in [4.78, 5) is 2.52. The first-order chi connectivity index (χ1) is 12.2. The van der Waals surface area contributed by atoms with Crippen LogP contribution in [0.5, 0.6) is 0 Å². The van der Waals surface area contributed by atoms with Gasteiger partial charge in [-0.15, -0.1) is 37.2 Å². The SMILES string of the molecule is CC(C)c1ccc(NCCc2ccc(CN3CCNCC3)cc2)cc1.Cl.Cl.Cl. The van der Waals surface area contributed by atoms with Crippen molar-refractivity contribution in [2.45, 2.75) is 32.7 Å². The van der Waals surface area contributed by atoms with Crippen LogP contribution in [-0.4, -0.2) is 37.6 Å². The van der Waals surface area contributed by atoms with Gasteiger partial charge in [0, 0.05) is 45.0 Å². The molecule has 0 saturated carbocycles. The van der Waals surface area contributed by atoms with Gasteiger partial charge in [-0.2, -0.15) is 0 Å². The van der Waals surface area contributed by atoms with Crippen LogP contribution >= 0.6 is 37.2 Å². The average molecular weight is 447 g/mol. The highest BCUT2D eigenvalue weighted by Gasteiger charge is 2.09. The third-order valence-electron chi connectivity index (χ3n) is 4.96. The maximum Gasteiger partial charge on any atom is 0.0340 e. The molecule has 3 rings (SSSR count). The molecule has 1 aliphatic heterocycles. The van der Waals surface area contributed by atoms with Crippen LogP contribution in [0.3, 0.4) is 0 Å². The first kappa shape index (κ1) is 27.0. The molecular formula is C22H34Cl3N3. The number of hydrogen-bond donors (Lipinski definition) is 2. The van der Waals surface area contributed by atoms with Crippen molar-refractivity contribution in [3.8, 4) is 0 Å². The topological polar surface area (TPSA) is 27.3 Å². The second kappa shape index (κ2) is 14.1. The van der Waals surface area contributed by atoms with E-state index in [1.54, 1.807) is 0 Å². The molecule has 1 aliphatic rings. The Labute approximate surface area is 188 Å². The zero-order chi connectivity index (χ0) is 17.5. The maximum atomic E-state index is 3.52. The summed E-state index contributed by atoms with van der Waals surface area (Å²) in [5.74, 6) is 0.591. The fourth-order valence-corrected chi connectivity index (χ4v) is 3.28. The van der Waals surface area contributed by atoms with Crippen LogP contribution in [0.1, 0.15) is 36.5 Å². The van der Waals surface area contributed by atoms with Gasteiger partial charge in [0.15, 0.2) is 0 Å². The van der Waals surface area contributed by atoms with Crippen LogP contribution in [0.15, 0.2) is 48.5 Å². The molecule has 0 atom stereocenters. The van der Waals surface area contributed by atoms with E-state index in [9.17, 15) is 0 Å². The van der Waals surface area contributed by atoms with Gasteiger partial charge in [-0.1, -0.05) is 50.2 Å². The minimum atomic E-state index is 0. The van der Waals surface area contributed by atoms with Crippen molar-refractivity contribution >= 4 is 42.9 Å². The number of halogens is 3. The molecule has 0 amide bonds. The predicted octanol–water partition coefficient (Wildman–Crippen LogP) is 5.14. The molecule has 6 heteroatoms. The van der Waals surface area contributed by atoms with E-state index in [4.69, 9.17) is 0 Å². The van der Waals surface area contributed by atoms with Crippen LogP contribution in [0.4, 0.5) is 5.69 Å². The van der Waals surface area contributed by atoms with Crippen molar-refractivity contribution in [1.82, 2.24) is 10.2 Å². The molecule has 2 aromatic rings. The summed E-state index contributed by atoms with van der Waals surface area (Å²) in [6.45, 7) is 11.0. The molecule has 1 saturated heterocycles. The summed E-state index contributed by atoms with van der Waals surface area (Å²) in [6.07, 6.45) is 1.06. The molecule has 0 bridgehead atoms. The zero-order valence-corrected chi connectivity index (χ0v) is 19.3. The summed E-state index contributed by atoms with van der Waals surface area (Å²) in [5.41, 5.74) is 5.42. The molecule has 1 fully saturated rings. The second-order valence-electron chi connectivity index (χ2n) is 7.30. The molecule has 0 radical (unpaired) electrons. The Morgan fingerprint density at radius 2 is 1.43 bits per heavy atom. The van der Waals surface area contributed by atoms with Gasteiger partial charge in [0.1, 0.15) is 0 Å². The molecule has 2 aromatic carbocycles. The summed E-state index contributed by atoms with van der Waals surface area (Å²) in [7, 11) is 0. The lowest BCUT2D eigenvalue weighted by Crippen LogP contribution is -2.42. The monoisotopic (exact) mass is 445 g/mol. The highest BCUT2D eigenvalue weighted by Crippen LogP contribution is 2.17. The lowest BCUT2D eigenvalue weighted by atomic mass is 10.0. The van der Waals surface area contributed by atoms with E-state index in [1.165, 1.54) is 22.4 Å². The van der Waals surface area contributed by atoms with E-state index in [1.807, 2.05) is 0 Å². The number of benzene rings is 2. The van der Waals surface area contributed by atoms with Crippen molar-refractivity contribution in [1.29, 1.82) is 0 Å². The van der Waals surface area contributed by atoms with Gasteiger partial charge in [0.2, 0.25) is 0 Å². The Morgan fingerprint density at radius 1 is 0.857 bits per heavy atom. The minimum absolute atomic E-state index is 0. The first-order valence-electron chi connectivity index (χ1n) is 9.55. The highest BCUT2D eigenvalue weighted by atomic mass is 35.5. The number of rotatable bonds is 7. The van der Waals surface area contributed by atoms with Crippen molar-refractivity contribution in [2.24, 2.45) is 0 Å². The Balaban J connectivity index is 0.00000243. The molecule has 0 unspecified atom stereocenters. The van der Waals surface area contributed by atoms with Crippen molar-refractivity contribution in [3.63, 3.8) is 0 Å². The Hall–Kier alpha value is -0.970. The molecule has 2 N–H and O–H groups in total. The Bertz CT molecular complexity index is 639. The van der Waals surface area contributed by atoms with Gasteiger partial charge >= 0.3 is 0 Å². The third kappa shape index (κ3) is 8.59. The van der Waals surface area contributed by atoms with Gasteiger partial charge in [-0.05, 0) is 41.2 Å².